The van der Waals surface area contributed by atoms with Crippen LogP contribution in [0.5, 0.6) is 23.0 Å². The molecule has 0 saturated carbocycles. The van der Waals surface area contributed by atoms with Crippen LogP contribution >= 0.6 is 0 Å². The van der Waals surface area contributed by atoms with Gasteiger partial charge in [-0.15, -0.1) is 0 Å². The number of phenolic OH excluding ortho intramolecular Hbond substituents is 4. The molecule has 0 spiro atoms. The highest BCUT2D eigenvalue weighted by atomic mass is 16.3. The quantitative estimate of drug-likeness (QED) is 0.262. The molecule has 2 unspecified atom stereocenters. The fourth-order valence-electron chi connectivity index (χ4n) is 3.40. The number of aromatic hydroxyl groups is 4. The van der Waals surface area contributed by atoms with Crippen LogP contribution < -0.4 is 10.6 Å². The van der Waals surface area contributed by atoms with Gasteiger partial charge in [-0.1, -0.05) is 0 Å². The Kier molecular flexibility index (Phi) is 8.36. The van der Waals surface area contributed by atoms with E-state index in [0.29, 0.717) is 11.1 Å². The molecule has 0 heterocycles. The molecular weight excluding hydrogens is 412 g/mol. The molecule has 2 rings (SSSR count). The molecule has 0 aliphatic carbocycles. The summed E-state index contributed by atoms with van der Waals surface area (Å²) in [5, 5.41) is 65.8. The molecule has 0 aliphatic rings. The Balaban J connectivity index is 1.84. The lowest BCUT2D eigenvalue weighted by molar-refractivity contribution is 0.147. The average Bonchev–Trinajstić information content (AvgIpc) is 2.67. The summed E-state index contributed by atoms with van der Waals surface area (Å²) in [7, 11) is 0. The minimum absolute atomic E-state index is 0.103. The normalized spacial score (nSPS) is 14.3. The van der Waals surface area contributed by atoms with Crippen molar-refractivity contribution < 1.29 is 30.6 Å². The molecule has 178 valence electrons. The molecule has 0 bridgehead atoms. The van der Waals surface area contributed by atoms with E-state index in [-0.39, 0.29) is 47.2 Å². The second kappa shape index (κ2) is 10.4. The maximum absolute atomic E-state index is 10.4. The Morgan fingerprint density at radius 2 is 0.875 bits per heavy atom. The van der Waals surface area contributed by atoms with Gasteiger partial charge in [-0.05, 0) is 75.9 Å². The molecule has 0 amide bonds. The molecule has 2 atom stereocenters. The van der Waals surface area contributed by atoms with E-state index in [4.69, 9.17) is 0 Å². The van der Waals surface area contributed by atoms with E-state index >= 15 is 0 Å². The summed E-state index contributed by atoms with van der Waals surface area (Å²) in [5.74, 6) is -0.410. The molecule has 32 heavy (non-hydrogen) atoms. The Morgan fingerprint density at radius 3 is 1.16 bits per heavy atom. The number of phenols is 4. The van der Waals surface area contributed by atoms with E-state index in [1.807, 2.05) is 27.7 Å². The minimum Gasteiger partial charge on any atom is -0.508 e. The highest BCUT2D eigenvalue weighted by molar-refractivity contribution is 5.38. The lowest BCUT2D eigenvalue weighted by Crippen LogP contribution is -2.46. The lowest BCUT2D eigenvalue weighted by Gasteiger charge is -2.34. The van der Waals surface area contributed by atoms with E-state index in [9.17, 15) is 30.6 Å². The van der Waals surface area contributed by atoms with Crippen LogP contribution in [0.15, 0.2) is 36.4 Å². The summed E-state index contributed by atoms with van der Waals surface area (Å²) in [6.07, 6.45) is -0.221. The lowest BCUT2D eigenvalue weighted by atomic mass is 9.89. The van der Waals surface area contributed by atoms with E-state index in [0.717, 1.165) is 12.8 Å². The molecule has 2 aromatic rings. The third-order valence-electron chi connectivity index (χ3n) is 5.54. The van der Waals surface area contributed by atoms with E-state index in [1.165, 1.54) is 36.4 Å². The third kappa shape index (κ3) is 8.20. The number of hydrogen-bond donors (Lipinski definition) is 8. The summed E-state index contributed by atoms with van der Waals surface area (Å²) in [6.45, 7) is 8.62. The van der Waals surface area contributed by atoms with Crippen molar-refractivity contribution in [2.24, 2.45) is 0 Å². The molecule has 8 N–H and O–H groups in total. The van der Waals surface area contributed by atoms with Crippen molar-refractivity contribution >= 4 is 0 Å². The monoisotopic (exact) mass is 448 g/mol. The topological polar surface area (TPSA) is 145 Å². The van der Waals surface area contributed by atoms with E-state index in [1.54, 1.807) is 0 Å². The van der Waals surface area contributed by atoms with Gasteiger partial charge in [0, 0.05) is 36.3 Å². The molecule has 0 radical (unpaired) electrons. The number of aliphatic hydroxyl groups is 2. The predicted octanol–water partition coefficient (Wildman–Crippen LogP) is 2.79. The number of rotatable bonds is 11. The van der Waals surface area contributed by atoms with Crippen molar-refractivity contribution in [3.05, 3.63) is 47.5 Å². The zero-order valence-corrected chi connectivity index (χ0v) is 19.1. The van der Waals surface area contributed by atoms with Crippen LogP contribution in [0.2, 0.25) is 0 Å². The molecule has 8 nitrogen and oxygen atoms in total. The summed E-state index contributed by atoms with van der Waals surface area (Å²) < 4.78 is 0. The molecular formula is C24H36N2O6. The number of hydrogen-bond acceptors (Lipinski definition) is 8. The van der Waals surface area contributed by atoms with Crippen molar-refractivity contribution in [1.29, 1.82) is 0 Å². The first kappa shape index (κ1) is 25.7. The van der Waals surface area contributed by atoms with Crippen molar-refractivity contribution in [2.75, 3.05) is 13.1 Å². The van der Waals surface area contributed by atoms with Gasteiger partial charge in [0.2, 0.25) is 0 Å². The fraction of sp³-hybridized carbons (Fsp3) is 0.500. The second-order valence-electron chi connectivity index (χ2n) is 9.63. The minimum atomic E-state index is -0.882. The molecule has 0 fully saturated rings. The largest absolute Gasteiger partial charge is 0.508 e. The summed E-state index contributed by atoms with van der Waals surface area (Å²) >= 11 is 0. The van der Waals surface area contributed by atoms with E-state index in [2.05, 4.69) is 10.6 Å². The van der Waals surface area contributed by atoms with E-state index < -0.39 is 12.2 Å². The van der Waals surface area contributed by atoms with Gasteiger partial charge in [-0.25, -0.2) is 0 Å². The summed E-state index contributed by atoms with van der Waals surface area (Å²) in [6, 6.07) is 8.10. The van der Waals surface area contributed by atoms with Gasteiger partial charge < -0.3 is 41.3 Å². The zero-order chi connectivity index (χ0) is 24.1. The van der Waals surface area contributed by atoms with Crippen molar-refractivity contribution in [3.8, 4) is 23.0 Å². The van der Waals surface area contributed by atoms with Crippen LogP contribution in [-0.4, -0.2) is 54.8 Å². The smallest absolute Gasteiger partial charge is 0.119 e. The van der Waals surface area contributed by atoms with Gasteiger partial charge in [-0.3, -0.25) is 0 Å². The maximum atomic E-state index is 10.4. The number of nitrogens with one attached hydrogen (secondary N) is 2. The SMILES string of the molecule is CC(C)(CCC(C)(C)NCC(O)c1cc(O)cc(O)c1)NCC(O)c1cc(O)cc(O)c1. The van der Waals surface area contributed by atoms with Crippen LogP contribution in [0.4, 0.5) is 0 Å². The third-order valence-corrected chi connectivity index (χ3v) is 5.54. The first-order chi connectivity index (χ1) is 14.8. The number of β-amino-alcohol motifs (C(OH)–C–C–N with tert-alkyl or cyclic N) is 2. The standard InChI is InChI=1S/C24H36N2O6/c1-23(2,25-13-21(31)15-7-17(27)11-18(28)8-15)5-6-24(3,4)26-14-22(32)16-9-19(29)12-20(30)10-16/h7-12,21-22,25-32H,5-6,13-14H2,1-4H3. The maximum Gasteiger partial charge on any atom is 0.119 e. The van der Waals surface area contributed by atoms with Crippen LogP contribution in [0, 0.1) is 0 Å². The highest BCUT2D eigenvalue weighted by Gasteiger charge is 2.25. The Bertz CT molecular complexity index is 786. The van der Waals surface area contributed by atoms with Gasteiger partial charge in [0.05, 0.1) is 12.2 Å². The summed E-state index contributed by atoms with van der Waals surface area (Å²) in [4.78, 5) is 0. The van der Waals surface area contributed by atoms with Crippen LogP contribution in [0.1, 0.15) is 63.9 Å². The van der Waals surface area contributed by atoms with Gasteiger partial charge in [0.25, 0.3) is 0 Å². The van der Waals surface area contributed by atoms with Gasteiger partial charge >= 0.3 is 0 Å². The molecule has 2 aromatic carbocycles. The molecule has 0 aliphatic heterocycles. The van der Waals surface area contributed by atoms with Crippen molar-refractivity contribution in [3.63, 3.8) is 0 Å². The van der Waals surface area contributed by atoms with Crippen LogP contribution in [0.25, 0.3) is 0 Å². The fourth-order valence-corrected chi connectivity index (χ4v) is 3.40. The number of benzene rings is 2. The van der Waals surface area contributed by atoms with Gasteiger partial charge in [-0.2, -0.15) is 0 Å². The van der Waals surface area contributed by atoms with Crippen molar-refractivity contribution in [2.45, 2.75) is 63.8 Å². The van der Waals surface area contributed by atoms with Crippen LogP contribution in [-0.2, 0) is 0 Å². The first-order valence-electron chi connectivity index (χ1n) is 10.7. The summed E-state index contributed by atoms with van der Waals surface area (Å²) in [5.41, 5.74) is 0.266. The van der Waals surface area contributed by atoms with Crippen molar-refractivity contribution in [1.82, 2.24) is 10.6 Å². The Hall–Kier alpha value is -2.52. The predicted molar refractivity (Wildman–Crippen MR) is 123 cm³/mol. The first-order valence-corrected chi connectivity index (χ1v) is 10.7. The van der Waals surface area contributed by atoms with Gasteiger partial charge in [0.15, 0.2) is 0 Å². The highest BCUT2D eigenvalue weighted by Crippen LogP contribution is 2.27. The molecule has 0 saturated heterocycles. The van der Waals surface area contributed by atoms with Gasteiger partial charge in [0.1, 0.15) is 23.0 Å². The Labute approximate surface area is 189 Å². The number of aliphatic hydroxyl groups excluding tert-OH is 2. The van der Waals surface area contributed by atoms with Crippen LogP contribution in [0.3, 0.4) is 0 Å². The average molecular weight is 449 g/mol. The second-order valence-corrected chi connectivity index (χ2v) is 9.63. The molecule has 8 heteroatoms. The molecule has 0 aromatic heterocycles. The zero-order valence-electron chi connectivity index (χ0n) is 19.1. The Morgan fingerprint density at radius 1 is 0.594 bits per heavy atom.